The van der Waals surface area contributed by atoms with Crippen molar-refractivity contribution in [2.45, 2.75) is 13.0 Å². The molecule has 0 saturated carbocycles. The average molecular weight is 309 g/mol. The number of benzene rings is 2. The highest BCUT2D eigenvalue weighted by Crippen LogP contribution is 2.22. The van der Waals surface area contributed by atoms with E-state index in [-0.39, 0.29) is 11.5 Å². The Morgan fingerprint density at radius 3 is 2.62 bits per heavy atom. The number of hydrogen-bond donors (Lipinski definition) is 1. The Hall–Kier alpha value is -1.98. The minimum absolute atomic E-state index is 0.0323. The predicted molar refractivity (Wildman–Crippen MR) is 79.9 cm³/mol. The molecule has 0 aliphatic heterocycles. The fourth-order valence-electron chi connectivity index (χ4n) is 1.94. The van der Waals surface area contributed by atoms with Gasteiger partial charge in [0.1, 0.15) is 5.82 Å². The Morgan fingerprint density at radius 2 is 1.95 bits per heavy atom. The van der Waals surface area contributed by atoms with Crippen molar-refractivity contribution in [3.05, 3.63) is 74.5 Å². The van der Waals surface area contributed by atoms with Gasteiger partial charge in [-0.1, -0.05) is 29.8 Å². The Kier molecular flexibility index (Phi) is 5.25. The normalized spacial score (nSPS) is 10.6. The summed E-state index contributed by atoms with van der Waals surface area (Å²) in [5, 5.41) is 14.1. The van der Waals surface area contributed by atoms with Gasteiger partial charge in [-0.3, -0.25) is 10.1 Å². The fraction of sp³-hybridized carbons (Fsp3) is 0.200. The Balaban J connectivity index is 1.87. The first-order valence-electron chi connectivity index (χ1n) is 6.45. The first-order valence-corrected chi connectivity index (χ1v) is 6.82. The second kappa shape index (κ2) is 7.15. The summed E-state index contributed by atoms with van der Waals surface area (Å²) < 4.78 is 13.4. The van der Waals surface area contributed by atoms with Crippen LogP contribution in [0.4, 0.5) is 10.1 Å². The lowest BCUT2D eigenvalue weighted by molar-refractivity contribution is -0.384. The van der Waals surface area contributed by atoms with Crippen LogP contribution in [0.2, 0.25) is 5.02 Å². The van der Waals surface area contributed by atoms with Crippen LogP contribution in [0.15, 0.2) is 42.5 Å². The van der Waals surface area contributed by atoms with E-state index in [1.54, 1.807) is 24.3 Å². The number of nitrogens with one attached hydrogen (secondary N) is 1. The van der Waals surface area contributed by atoms with Crippen LogP contribution in [-0.4, -0.2) is 11.5 Å². The van der Waals surface area contributed by atoms with Gasteiger partial charge < -0.3 is 5.32 Å². The maximum Gasteiger partial charge on any atom is 0.270 e. The Labute approximate surface area is 126 Å². The van der Waals surface area contributed by atoms with Crippen LogP contribution in [0.1, 0.15) is 11.1 Å². The summed E-state index contributed by atoms with van der Waals surface area (Å²) in [5.74, 6) is -0.215. The molecule has 0 unspecified atom stereocenters. The number of halogens is 2. The van der Waals surface area contributed by atoms with E-state index in [0.29, 0.717) is 30.1 Å². The van der Waals surface area contributed by atoms with Gasteiger partial charge in [0.05, 0.1) is 9.95 Å². The number of rotatable bonds is 6. The van der Waals surface area contributed by atoms with E-state index in [1.807, 2.05) is 0 Å². The van der Waals surface area contributed by atoms with Gasteiger partial charge in [-0.25, -0.2) is 4.39 Å². The predicted octanol–water partition coefficient (Wildman–Crippen LogP) is 3.72. The maximum absolute atomic E-state index is 13.4. The van der Waals surface area contributed by atoms with Crippen LogP contribution in [0.25, 0.3) is 0 Å². The van der Waals surface area contributed by atoms with E-state index >= 15 is 0 Å². The molecule has 0 atom stereocenters. The highest BCUT2D eigenvalue weighted by molar-refractivity contribution is 6.31. The number of nitro groups is 1. The van der Waals surface area contributed by atoms with Crippen molar-refractivity contribution in [2.75, 3.05) is 6.54 Å². The molecule has 0 bridgehead atoms. The monoisotopic (exact) mass is 308 g/mol. The van der Waals surface area contributed by atoms with E-state index in [4.69, 9.17) is 11.6 Å². The molecule has 2 aromatic carbocycles. The molecule has 2 aromatic rings. The third kappa shape index (κ3) is 4.24. The maximum atomic E-state index is 13.4. The smallest absolute Gasteiger partial charge is 0.270 e. The molecule has 0 aliphatic carbocycles. The van der Waals surface area contributed by atoms with Crippen LogP contribution in [0.5, 0.6) is 0 Å². The van der Waals surface area contributed by atoms with Crippen molar-refractivity contribution in [2.24, 2.45) is 0 Å². The summed E-state index contributed by atoms with van der Waals surface area (Å²) >= 11 is 5.99. The van der Waals surface area contributed by atoms with Gasteiger partial charge in [0.2, 0.25) is 0 Å². The highest BCUT2D eigenvalue weighted by Gasteiger charge is 2.09. The van der Waals surface area contributed by atoms with Gasteiger partial charge >= 0.3 is 0 Å². The van der Waals surface area contributed by atoms with Gasteiger partial charge in [0.25, 0.3) is 5.69 Å². The molecule has 4 nitrogen and oxygen atoms in total. The van der Waals surface area contributed by atoms with Crippen LogP contribution in [0.3, 0.4) is 0 Å². The zero-order valence-electron chi connectivity index (χ0n) is 11.2. The minimum atomic E-state index is -0.485. The van der Waals surface area contributed by atoms with Gasteiger partial charge in [0.15, 0.2) is 0 Å². The second-order valence-electron chi connectivity index (χ2n) is 4.55. The summed E-state index contributed by atoms with van der Waals surface area (Å²) in [6.07, 6.45) is 0.567. The lowest BCUT2D eigenvalue weighted by Gasteiger charge is -2.07. The number of hydrogen-bond acceptors (Lipinski definition) is 3. The van der Waals surface area contributed by atoms with Crippen molar-refractivity contribution >= 4 is 17.3 Å². The summed E-state index contributed by atoms with van der Waals surface area (Å²) in [7, 11) is 0. The summed E-state index contributed by atoms with van der Waals surface area (Å²) in [6, 6.07) is 11.0. The molecule has 0 saturated heterocycles. The van der Waals surface area contributed by atoms with Crippen LogP contribution in [-0.2, 0) is 13.0 Å². The van der Waals surface area contributed by atoms with Crippen molar-refractivity contribution in [3.8, 4) is 0 Å². The zero-order valence-corrected chi connectivity index (χ0v) is 11.9. The standard InChI is InChI=1S/C15H14ClFN2O2/c16-14-9-13(19(20)21)6-5-12(14)10-18-8-7-11-3-1-2-4-15(11)17/h1-6,9,18H,7-8,10H2. The van der Waals surface area contributed by atoms with E-state index in [0.717, 1.165) is 5.56 Å². The van der Waals surface area contributed by atoms with Crippen LogP contribution < -0.4 is 5.32 Å². The van der Waals surface area contributed by atoms with E-state index in [9.17, 15) is 14.5 Å². The molecule has 1 N–H and O–H groups in total. The first-order chi connectivity index (χ1) is 10.1. The summed E-state index contributed by atoms with van der Waals surface area (Å²) in [4.78, 5) is 10.1. The molecule has 2 rings (SSSR count). The third-order valence-corrected chi connectivity index (χ3v) is 3.44. The lowest BCUT2D eigenvalue weighted by atomic mass is 10.1. The van der Waals surface area contributed by atoms with Crippen molar-refractivity contribution in [1.82, 2.24) is 5.32 Å². The molecule has 0 aromatic heterocycles. The van der Waals surface area contributed by atoms with Gasteiger partial charge in [0, 0.05) is 18.7 Å². The van der Waals surface area contributed by atoms with E-state index in [1.165, 1.54) is 18.2 Å². The number of nitro benzene ring substituents is 1. The SMILES string of the molecule is O=[N+]([O-])c1ccc(CNCCc2ccccc2F)c(Cl)c1. The molecule has 21 heavy (non-hydrogen) atoms. The van der Waals surface area contributed by atoms with Crippen LogP contribution in [0, 0.1) is 15.9 Å². The third-order valence-electron chi connectivity index (χ3n) is 3.09. The lowest BCUT2D eigenvalue weighted by Crippen LogP contribution is -2.17. The minimum Gasteiger partial charge on any atom is -0.312 e. The average Bonchev–Trinajstić information content (AvgIpc) is 2.46. The van der Waals surface area contributed by atoms with Crippen LogP contribution >= 0.6 is 11.6 Å². The molecular weight excluding hydrogens is 295 g/mol. The topological polar surface area (TPSA) is 55.2 Å². The largest absolute Gasteiger partial charge is 0.312 e. The first kappa shape index (κ1) is 15.4. The van der Waals surface area contributed by atoms with Crippen molar-refractivity contribution in [1.29, 1.82) is 0 Å². The van der Waals surface area contributed by atoms with E-state index in [2.05, 4.69) is 5.32 Å². The fourth-order valence-corrected chi connectivity index (χ4v) is 2.18. The molecule has 6 heteroatoms. The molecule has 0 amide bonds. The molecule has 0 aliphatic rings. The number of nitrogens with zero attached hydrogens (tertiary/aromatic N) is 1. The van der Waals surface area contributed by atoms with Crippen molar-refractivity contribution < 1.29 is 9.31 Å². The zero-order chi connectivity index (χ0) is 15.2. The molecule has 110 valence electrons. The van der Waals surface area contributed by atoms with Crippen molar-refractivity contribution in [3.63, 3.8) is 0 Å². The summed E-state index contributed by atoms with van der Waals surface area (Å²) in [6.45, 7) is 1.07. The number of non-ortho nitro benzene ring substituents is 1. The van der Waals surface area contributed by atoms with E-state index < -0.39 is 4.92 Å². The quantitative estimate of drug-likeness (QED) is 0.503. The molecule has 0 spiro atoms. The van der Waals surface area contributed by atoms with Gasteiger partial charge in [-0.2, -0.15) is 0 Å². The molecule has 0 fully saturated rings. The summed E-state index contributed by atoms with van der Waals surface area (Å²) in [5.41, 5.74) is 1.39. The van der Waals surface area contributed by atoms with Gasteiger partial charge in [-0.15, -0.1) is 0 Å². The molecular formula is C15H14ClFN2O2. The Morgan fingerprint density at radius 1 is 1.19 bits per heavy atom. The molecule has 0 radical (unpaired) electrons. The second-order valence-corrected chi connectivity index (χ2v) is 4.96. The Bertz CT molecular complexity index is 649. The van der Waals surface area contributed by atoms with Gasteiger partial charge in [-0.05, 0) is 36.2 Å². The highest BCUT2D eigenvalue weighted by atomic mass is 35.5. The molecule has 0 heterocycles.